The fourth-order valence-electron chi connectivity index (χ4n) is 3.13. The number of carbonyl (C=O) groups is 1. The molecule has 4 aromatic rings. The normalized spacial score (nSPS) is 10.9. The van der Waals surface area contributed by atoms with Crippen molar-refractivity contribution in [3.63, 3.8) is 0 Å². The van der Waals surface area contributed by atoms with E-state index in [0.717, 1.165) is 22.2 Å². The van der Waals surface area contributed by atoms with Crippen molar-refractivity contribution >= 4 is 34.3 Å². The van der Waals surface area contributed by atoms with Crippen molar-refractivity contribution in [2.24, 2.45) is 0 Å². The predicted octanol–water partition coefficient (Wildman–Crippen LogP) is 6.09. The van der Waals surface area contributed by atoms with Crippen LogP contribution < -0.4 is 10.1 Å². The summed E-state index contributed by atoms with van der Waals surface area (Å²) in [6, 6.07) is 16.8. The number of ether oxygens (including phenoxy) is 1. The van der Waals surface area contributed by atoms with E-state index in [0.29, 0.717) is 33.5 Å². The summed E-state index contributed by atoms with van der Waals surface area (Å²) in [5, 5.41) is 3.32. The molecule has 0 unspecified atom stereocenters. The Bertz CT molecular complexity index is 1250. The number of hydrogen-bond acceptors (Lipinski definition) is 4. The van der Waals surface area contributed by atoms with E-state index < -0.39 is 0 Å². The lowest BCUT2D eigenvalue weighted by Gasteiger charge is -2.11. The zero-order valence-corrected chi connectivity index (χ0v) is 17.7. The monoisotopic (exact) mass is 420 g/mol. The van der Waals surface area contributed by atoms with Gasteiger partial charge in [-0.15, -0.1) is 0 Å². The van der Waals surface area contributed by atoms with Crippen LogP contribution in [0.5, 0.6) is 5.75 Å². The molecule has 0 fully saturated rings. The molecule has 0 saturated heterocycles. The van der Waals surface area contributed by atoms with Crippen molar-refractivity contribution < 1.29 is 13.9 Å². The summed E-state index contributed by atoms with van der Waals surface area (Å²) in [4.78, 5) is 16.9. The van der Waals surface area contributed by atoms with Gasteiger partial charge in [0, 0.05) is 5.69 Å². The number of oxazole rings is 1. The molecule has 0 radical (unpaired) electrons. The molecule has 3 aromatic carbocycles. The Hall–Kier alpha value is -3.31. The third kappa shape index (κ3) is 4.16. The fourth-order valence-corrected chi connectivity index (χ4v) is 3.33. The van der Waals surface area contributed by atoms with Crippen LogP contribution in [0.3, 0.4) is 0 Å². The summed E-state index contributed by atoms with van der Waals surface area (Å²) in [6.45, 7) is 5.87. The number of rotatable bonds is 5. The number of aryl methyl sites for hydroxylation is 2. The second kappa shape index (κ2) is 8.20. The highest BCUT2D eigenvalue weighted by atomic mass is 35.5. The minimum Gasteiger partial charge on any atom is -0.483 e. The number of carbonyl (C=O) groups excluding carboxylic acids is 1. The quantitative estimate of drug-likeness (QED) is 0.424. The van der Waals surface area contributed by atoms with Gasteiger partial charge >= 0.3 is 0 Å². The number of nitrogens with one attached hydrogen (secondary N) is 1. The molecule has 0 aliphatic heterocycles. The van der Waals surface area contributed by atoms with Gasteiger partial charge in [0.05, 0.1) is 10.6 Å². The molecule has 0 spiro atoms. The van der Waals surface area contributed by atoms with Crippen molar-refractivity contribution in [1.82, 2.24) is 4.98 Å². The number of halogens is 1. The van der Waals surface area contributed by atoms with Crippen LogP contribution in [0.4, 0.5) is 5.69 Å². The molecule has 0 bridgehead atoms. The van der Waals surface area contributed by atoms with Crippen LogP contribution >= 0.6 is 11.6 Å². The number of aromatic nitrogens is 1. The first-order chi connectivity index (χ1) is 14.4. The predicted molar refractivity (Wildman–Crippen MR) is 119 cm³/mol. The second-order valence-electron chi connectivity index (χ2n) is 7.22. The lowest BCUT2D eigenvalue weighted by molar-refractivity contribution is -0.118. The van der Waals surface area contributed by atoms with E-state index in [4.69, 9.17) is 20.8 Å². The van der Waals surface area contributed by atoms with Crippen LogP contribution in [-0.2, 0) is 4.79 Å². The minimum absolute atomic E-state index is 0.0928. The minimum atomic E-state index is -0.266. The van der Waals surface area contributed by atoms with Crippen molar-refractivity contribution in [2.75, 3.05) is 11.9 Å². The van der Waals surface area contributed by atoms with Crippen molar-refractivity contribution in [3.05, 3.63) is 76.3 Å². The molecular weight excluding hydrogens is 400 g/mol. The Morgan fingerprint density at radius 2 is 1.93 bits per heavy atom. The molecule has 30 heavy (non-hydrogen) atoms. The van der Waals surface area contributed by atoms with Crippen LogP contribution in [0, 0.1) is 20.8 Å². The lowest BCUT2D eigenvalue weighted by atomic mass is 10.1. The number of hydrogen-bond donors (Lipinski definition) is 1. The topological polar surface area (TPSA) is 64.4 Å². The van der Waals surface area contributed by atoms with Gasteiger partial charge in [0.1, 0.15) is 11.3 Å². The van der Waals surface area contributed by atoms with Gasteiger partial charge in [-0.25, -0.2) is 4.98 Å². The zero-order valence-electron chi connectivity index (χ0n) is 17.0. The summed E-state index contributed by atoms with van der Waals surface area (Å²) in [5.74, 6) is 0.837. The Labute approximate surface area is 179 Å². The molecule has 4 rings (SSSR count). The molecule has 0 atom stereocenters. The Kier molecular flexibility index (Phi) is 5.46. The van der Waals surface area contributed by atoms with Gasteiger partial charge in [0.15, 0.2) is 12.2 Å². The van der Waals surface area contributed by atoms with E-state index in [1.54, 1.807) is 18.2 Å². The van der Waals surface area contributed by atoms with Crippen LogP contribution in [0.1, 0.15) is 16.7 Å². The molecule has 1 aromatic heterocycles. The lowest BCUT2D eigenvalue weighted by Crippen LogP contribution is -2.20. The van der Waals surface area contributed by atoms with E-state index in [2.05, 4.69) is 10.3 Å². The maximum atomic E-state index is 12.4. The third-order valence-electron chi connectivity index (χ3n) is 4.94. The maximum Gasteiger partial charge on any atom is 0.262 e. The van der Waals surface area contributed by atoms with Crippen LogP contribution in [0.2, 0.25) is 5.02 Å². The molecule has 0 aliphatic rings. The highest BCUT2D eigenvalue weighted by Gasteiger charge is 2.14. The number of amides is 1. The SMILES string of the molecule is Cc1ccc2nc(-c3cc(NC(=O)COc4cccc(C)c4C)ccc3Cl)oc2c1. The number of anilines is 1. The van der Waals surface area contributed by atoms with Crippen molar-refractivity contribution in [2.45, 2.75) is 20.8 Å². The molecule has 152 valence electrons. The molecular formula is C24H21ClN2O3. The van der Waals surface area contributed by atoms with Crippen molar-refractivity contribution in [3.8, 4) is 17.2 Å². The van der Waals surface area contributed by atoms with Gasteiger partial charge in [0.2, 0.25) is 5.89 Å². The fraction of sp³-hybridized carbons (Fsp3) is 0.167. The van der Waals surface area contributed by atoms with E-state index in [1.807, 2.05) is 57.2 Å². The molecule has 0 saturated carbocycles. The van der Waals surface area contributed by atoms with E-state index >= 15 is 0 Å². The molecule has 1 heterocycles. The van der Waals surface area contributed by atoms with E-state index in [-0.39, 0.29) is 12.5 Å². The third-order valence-corrected chi connectivity index (χ3v) is 5.27. The smallest absolute Gasteiger partial charge is 0.262 e. The van der Waals surface area contributed by atoms with Crippen LogP contribution in [0.15, 0.2) is 59.0 Å². The first-order valence-corrected chi connectivity index (χ1v) is 9.94. The molecule has 1 N–H and O–H groups in total. The number of nitrogens with zero attached hydrogens (tertiary/aromatic N) is 1. The summed E-state index contributed by atoms with van der Waals surface area (Å²) in [5.41, 5.74) is 5.86. The summed E-state index contributed by atoms with van der Waals surface area (Å²) >= 11 is 6.36. The Morgan fingerprint density at radius 3 is 2.77 bits per heavy atom. The molecule has 1 amide bonds. The number of benzene rings is 3. The Morgan fingerprint density at radius 1 is 1.10 bits per heavy atom. The highest BCUT2D eigenvalue weighted by Crippen LogP contribution is 2.32. The largest absolute Gasteiger partial charge is 0.483 e. The first-order valence-electron chi connectivity index (χ1n) is 9.57. The van der Waals surface area contributed by atoms with Crippen LogP contribution in [-0.4, -0.2) is 17.5 Å². The Balaban J connectivity index is 1.51. The van der Waals surface area contributed by atoms with E-state index in [9.17, 15) is 4.79 Å². The van der Waals surface area contributed by atoms with Crippen molar-refractivity contribution in [1.29, 1.82) is 0 Å². The second-order valence-corrected chi connectivity index (χ2v) is 7.63. The van der Waals surface area contributed by atoms with Gasteiger partial charge in [-0.3, -0.25) is 4.79 Å². The molecule has 5 nitrogen and oxygen atoms in total. The van der Waals surface area contributed by atoms with Gasteiger partial charge < -0.3 is 14.5 Å². The average Bonchev–Trinajstić information content (AvgIpc) is 3.13. The number of fused-ring (bicyclic) bond motifs is 1. The van der Waals surface area contributed by atoms with Gasteiger partial charge in [-0.05, 0) is 73.9 Å². The molecule has 6 heteroatoms. The highest BCUT2D eigenvalue weighted by molar-refractivity contribution is 6.33. The van der Waals surface area contributed by atoms with Gasteiger partial charge in [-0.2, -0.15) is 0 Å². The van der Waals surface area contributed by atoms with Gasteiger partial charge in [-0.1, -0.05) is 29.8 Å². The van der Waals surface area contributed by atoms with E-state index in [1.165, 1.54) is 0 Å². The standard InChI is InChI=1S/C24H21ClN2O3/c1-14-7-10-20-22(11-14)30-24(27-20)18-12-17(8-9-19(18)25)26-23(28)13-29-21-6-4-5-15(2)16(21)3/h4-12H,13H2,1-3H3,(H,26,28). The summed E-state index contributed by atoms with van der Waals surface area (Å²) in [6.07, 6.45) is 0. The zero-order chi connectivity index (χ0) is 21.3. The summed E-state index contributed by atoms with van der Waals surface area (Å²) < 4.78 is 11.5. The van der Waals surface area contributed by atoms with Crippen LogP contribution in [0.25, 0.3) is 22.6 Å². The summed E-state index contributed by atoms with van der Waals surface area (Å²) in [7, 11) is 0. The average molecular weight is 421 g/mol. The van der Waals surface area contributed by atoms with Gasteiger partial charge in [0.25, 0.3) is 5.91 Å². The first kappa shape index (κ1) is 20.0. The molecule has 0 aliphatic carbocycles. The maximum absolute atomic E-state index is 12.4.